The summed E-state index contributed by atoms with van der Waals surface area (Å²) in [7, 11) is 0. The number of hydrogen-bond donors (Lipinski definition) is 0. The predicted molar refractivity (Wildman–Crippen MR) is 258 cm³/mol. The van der Waals surface area contributed by atoms with Gasteiger partial charge in [0, 0.05) is 44.3 Å². The van der Waals surface area contributed by atoms with E-state index in [1.165, 1.54) is 76.6 Å². The summed E-state index contributed by atoms with van der Waals surface area (Å²) >= 11 is 0. The molecule has 0 aliphatic heterocycles. The highest BCUT2D eigenvalue weighted by Crippen LogP contribution is 2.45. The molecular weight excluding hydrogens is 739 g/mol. The van der Waals surface area contributed by atoms with Gasteiger partial charge in [-0.2, -0.15) is 0 Å². The van der Waals surface area contributed by atoms with Crippen molar-refractivity contribution in [2.45, 2.75) is 0 Å². The first-order chi connectivity index (χ1) is 30.3. The quantitative estimate of drug-likeness (QED) is 0.157. The van der Waals surface area contributed by atoms with Crippen molar-refractivity contribution in [3.63, 3.8) is 0 Å². The van der Waals surface area contributed by atoms with E-state index in [4.69, 9.17) is 0 Å². The molecule has 0 saturated carbocycles. The third-order valence-electron chi connectivity index (χ3n) is 12.3. The van der Waals surface area contributed by atoms with Gasteiger partial charge in [-0.3, -0.25) is 0 Å². The third kappa shape index (κ3) is 5.82. The molecule has 0 aliphatic rings. The number of aromatic nitrogens is 2. The molecule has 0 amide bonds. The van der Waals surface area contributed by atoms with Gasteiger partial charge in [-0.05, 0) is 118 Å². The Kier molecular flexibility index (Phi) is 8.17. The molecular formula is C58H39N3. The summed E-state index contributed by atoms with van der Waals surface area (Å²) in [6.45, 7) is 0. The van der Waals surface area contributed by atoms with E-state index >= 15 is 0 Å². The lowest BCUT2D eigenvalue weighted by molar-refractivity contribution is 1.18. The fraction of sp³-hybridized carbons (Fsp3) is 0. The molecule has 2 heterocycles. The fourth-order valence-electron chi connectivity index (χ4n) is 9.46. The highest BCUT2D eigenvalue weighted by Gasteiger charge is 2.22. The Morgan fingerprint density at radius 1 is 0.279 bits per heavy atom. The number of fused-ring (bicyclic) bond motifs is 7. The van der Waals surface area contributed by atoms with Crippen LogP contribution in [0.5, 0.6) is 0 Å². The monoisotopic (exact) mass is 777 g/mol. The van der Waals surface area contributed by atoms with Gasteiger partial charge in [0.15, 0.2) is 0 Å². The van der Waals surface area contributed by atoms with Crippen molar-refractivity contribution in [2.24, 2.45) is 0 Å². The minimum atomic E-state index is 1.10. The van der Waals surface area contributed by atoms with Gasteiger partial charge >= 0.3 is 0 Å². The molecule has 3 nitrogen and oxygen atoms in total. The topological polar surface area (TPSA) is 13.1 Å². The second kappa shape index (κ2) is 14.3. The maximum atomic E-state index is 2.43. The van der Waals surface area contributed by atoms with Crippen molar-refractivity contribution in [1.82, 2.24) is 9.13 Å². The molecule has 0 atom stereocenters. The molecule has 0 N–H and O–H groups in total. The Hall–Kier alpha value is -8.14. The fourth-order valence-corrected chi connectivity index (χ4v) is 9.46. The van der Waals surface area contributed by atoms with Crippen LogP contribution in [0, 0.1) is 0 Å². The van der Waals surface area contributed by atoms with Gasteiger partial charge in [-0.1, -0.05) is 152 Å². The Labute approximate surface area is 354 Å². The van der Waals surface area contributed by atoms with E-state index in [0.29, 0.717) is 0 Å². The van der Waals surface area contributed by atoms with Crippen LogP contribution in [0.3, 0.4) is 0 Å². The highest BCUT2D eigenvalue weighted by atomic mass is 15.1. The maximum Gasteiger partial charge on any atom is 0.0562 e. The lowest BCUT2D eigenvalue weighted by Crippen LogP contribution is -2.10. The number of rotatable bonds is 7. The van der Waals surface area contributed by atoms with Gasteiger partial charge < -0.3 is 14.0 Å². The lowest BCUT2D eigenvalue weighted by atomic mass is 9.99. The van der Waals surface area contributed by atoms with Gasteiger partial charge in [0.1, 0.15) is 0 Å². The minimum absolute atomic E-state index is 1.10. The van der Waals surface area contributed by atoms with Crippen LogP contribution in [-0.4, -0.2) is 9.13 Å². The number of anilines is 3. The van der Waals surface area contributed by atoms with Crippen LogP contribution >= 0.6 is 0 Å². The molecule has 0 bridgehead atoms. The van der Waals surface area contributed by atoms with E-state index in [0.717, 1.165) is 28.4 Å². The van der Waals surface area contributed by atoms with E-state index in [2.05, 4.69) is 251 Å². The normalized spacial score (nSPS) is 11.6. The molecule has 3 heteroatoms. The van der Waals surface area contributed by atoms with Crippen LogP contribution in [0.25, 0.3) is 88.0 Å². The molecule has 0 unspecified atom stereocenters. The zero-order valence-electron chi connectivity index (χ0n) is 33.4. The largest absolute Gasteiger partial charge is 0.310 e. The second-order valence-corrected chi connectivity index (χ2v) is 15.8. The van der Waals surface area contributed by atoms with Crippen molar-refractivity contribution in [3.8, 4) is 33.6 Å². The van der Waals surface area contributed by atoms with Crippen LogP contribution in [0.4, 0.5) is 17.1 Å². The van der Waals surface area contributed by atoms with Crippen LogP contribution in [-0.2, 0) is 0 Å². The molecule has 286 valence electrons. The molecule has 0 aliphatic carbocycles. The summed E-state index contributed by atoms with van der Waals surface area (Å²) < 4.78 is 4.78. The average molecular weight is 778 g/mol. The minimum Gasteiger partial charge on any atom is -0.310 e. The van der Waals surface area contributed by atoms with Crippen LogP contribution in [0.2, 0.25) is 0 Å². The molecule has 61 heavy (non-hydrogen) atoms. The van der Waals surface area contributed by atoms with Crippen molar-refractivity contribution in [2.75, 3.05) is 4.90 Å². The summed E-state index contributed by atoms with van der Waals surface area (Å²) in [5, 5.41) is 7.34. The lowest BCUT2D eigenvalue weighted by Gasteiger charge is -2.27. The molecule has 10 aromatic carbocycles. The van der Waals surface area contributed by atoms with E-state index in [9.17, 15) is 0 Å². The Morgan fingerprint density at radius 3 is 1.51 bits per heavy atom. The first-order valence-electron chi connectivity index (χ1n) is 20.9. The Bertz CT molecular complexity index is 3560. The molecule has 12 aromatic rings. The molecule has 12 rings (SSSR count). The summed E-state index contributed by atoms with van der Waals surface area (Å²) in [6, 6.07) is 85.9. The molecule has 0 fully saturated rings. The molecule has 0 radical (unpaired) electrons. The third-order valence-corrected chi connectivity index (χ3v) is 12.3. The summed E-state index contributed by atoms with van der Waals surface area (Å²) in [5.41, 5.74) is 15.2. The second-order valence-electron chi connectivity index (χ2n) is 15.8. The first kappa shape index (κ1) is 34.9. The summed E-state index contributed by atoms with van der Waals surface area (Å²) in [5.74, 6) is 0. The maximum absolute atomic E-state index is 2.43. The number of para-hydroxylation sites is 4. The van der Waals surface area contributed by atoms with Crippen LogP contribution in [0.1, 0.15) is 0 Å². The zero-order valence-corrected chi connectivity index (χ0v) is 33.4. The average Bonchev–Trinajstić information content (AvgIpc) is 3.85. The molecule has 0 saturated heterocycles. The number of hydrogen-bond acceptors (Lipinski definition) is 1. The number of benzene rings is 10. The Morgan fingerprint density at radius 2 is 0.770 bits per heavy atom. The summed E-state index contributed by atoms with van der Waals surface area (Å²) in [6.07, 6.45) is 0. The van der Waals surface area contributed by atoms with Crippen molar-refractivity contribution in [1.29, 1.82) is 0 Å². The zero-order chi connectivity index (χ0) is 40.3. The van der Waals surface area contributed by atoms with Crippen molar-refractivity contribution < 1.29 is 0 Å². The standard InChI is InChI=1S/C58H39N3/c1-4-15-40(16-5-1)41-29-33-48(34-30-41)59(55-25-14-26-56-58(55)52-22-11-13-24-54(52)60(56)46-17-6-2-7-18-46)49-35-31-43-37-42(27-28-44(43)38-49)45-32-36-51-50-21-10-12-23-53(50)61(57(51)39-45)47-19-8-3-9-20-47/h1-39H. The van der Waals surface area contributed by atoms with E-state index in [-0.39, 0.29) is 0 Å². The SMILES string of the molecule is c1ccc(-c2ccc(N(c3ccc4cc(-c5ccc6c7ccccc7n(-c7ccccc7)c6c5)ccc4c3)c3cccc4c3c3ccccc3n4-c3ccccc3)cc2)cc1. The van der Waals surface area contributed by atoms with E-state index in [1.54, 1.807) is 0 Å². The van der Waals surface area contributed by atoms with Crippen LogP contribution < -0.4 is 4.90 Å². The van der Waals surface area contributed by atoms with Gasteiger partial charge in [-0.15, -0.1) is 0 Å². The van der Waals surface area contributed by atoms with Gasteiger partial charge in [0.2, 0.25) is 0 Å². The van der Waals surface area contributed by atoms with Gasteiger partial charge in [0.25, 0.3) is 0 Å². The van der Waals surface area contributed by atoms with E-state index in [1.807, 2.05) is 0 Å². The van der Waals surface area contributed by atoms with E-state index < -0.39 is 0 Å². The smallest absolute Gasteiger partial charge is 0.0562 e. The first-order valence-corrected chi connectivity index (χ1v) is 20.9. The van der Waals surface area contributed by atoms with Gasteiger partial charge in [-0.25, -0.2) is 0 Å². The van der Waals surface area contributed by atoms with Crippen molar-refractivity contribution >= 4 is 71.4 Å². The van der Waals surface area contributed by atoms with Crippen LogP contribution in [0.15, 0.2) is 237 Å². The molecule has 0 spiro atoms. The number of nitrogens with zero attached hydrogens (tertiary/aromatic N) is 3. The Balaban J connectivity index is 1.01. The highest BCUT2D eigenvalue weighted by molar-refractivity contribution is 6.17. The van der Waals surface area contributed by atoms with Crippen molar-refractivity contribution in [3.05, 3.63) is 237 Å². The predicted octanol–water partition coefficient (Wildman–Crippen LogP) is 15.8. The summed E-state index contributed by atoms with van der Waals surface area (Å²) in [4.78, 5) is 2.43. The van der Waals surface area contributed by atoms with Gasteiger partial charge in [0.05, 0.1) is 27.8 Å². The molecule has 2 aromatic heterocycles.